The van der Waals surface area contributed by atoms with Gasteiger partial charge in [-0.05, 0) is 35.6 Å². The number of ether oxygens (including phenoxy) is 2. The van der Waals surface area contributed by atoms with Crippen molar-refractivity contribution in [3.05, 3.63) is 59.7 Å². The van der Waals surface area contributed by atoms with Crippen molar-refractivity contribution in [1.82, 2.24) is 10.2 Å². The number of carbonyl (C=O) groups is 3. The molecule has 0 radical (unpaired) electrons. The van der Waals surface area contributed by atoms with E-state index in [1.54, 1.807) is 6.92 Å². The number of hydrogen-bond donors (Lipinski definition) is 2. The highest BCUT2D eigenvalue weighted by atomic mass is 16.5. The fraction of sp³-hybridized carbons (Fsp3) is 0.444. The number of morpholine rings is 1. The van der Waals surface area contributed by atoms with Crippen LogP contribution in [0.15, 0.2) is 48.5 Å². The van der Waals surface area contributed by atoms with Crippen LogP contribution in [-0.2, 0) is 19.1 Å². The van der Waals surface area contributed by atoms with Crippen molar-refractivity contribution < 1.29 is 29.0 Å². The Morgan fingerprint density at radius 1 is 1.11 bits per heavy atom. The minimum absolute atomic E-state index is 0.0885. The molecule has 1 aliphatic heterocycles. The normalized spacial score (nSPS) is 20.0. The number of rotatable bonds is 8. The summed E-state index contributed by atoms with van der Waals surface area (Å²) in [5.41, 5.74) is 4.47. The molecule has 1 heterocycles. The van der Waals surface area contributed by atoms with E-state index < -0.39 is 36.2 Å². The van der Waals surface area contributed by atoms with E-state index in [2.05, 4.69) is 17.4 Å². The number of carboxylic acids is 1. The molecule has 4 rings (SSSR count). The van der Waals surface area contributed by atoms with Crippen LogP contribution < -0.4 is 5.32 Å². The molecule has 1 fully saturated rings. The Morgan fingerprint density at radius 2 is 1.74 bits per heavy atom. The van der Waals surface area contributed by atoms with Crippen LogP contribution in [0.2, 0.25) is 0 Å². The Kier molecular flexibility index (Phi) is 7.70. The summed E-state index contributed by atoms with van der Waals surface area (Å²) < 4.78 is 11.1. The second-order valence-electron chi connectivity index (χ2n) is 9.06. The van der Waals surface area contributed by atoms with Crippen molar-refractivity contribution >= 4 is 18.0 Å². The van der Waals surface area contributed by atoms with Gasteiger partial charge >= 0.3 is 12.1 Å². The van der Waals surface area contributed by atoms with E-state index in [4.69, 9.17) is 9.47 Å². The maximum atomic E-state index is 13.3. The number of unbranched alkanes of at least 4 members (excludes halogenated alkanes) is 1. The Balaban J connectivity index is 1.45. The minimum Gasteiger partial charge on any atom is -0.480 e. The lowest BCUT2D eigenvalue weighted by Gasteiger charge is -2.39. The average Bonchev–Trinajstić information content (AvgIpc) is 3.18. The summed E-state index contributed by atoms with van der Waals surface area (Å²) in [4.78, 5) is 39.3. The fourth-order valence-corrected chi connectivity index (χ4v) is 5.05. The van der Waals surface area contributed by atoms with Gasteiger partial charge in [0.2, 0.25) is 5.91 Å². The Morgan fingerprint density at radius 3 is 2.34 bits per heavy atom. The van der Waals surface area contributed by atoms with Gasteiger partial charge in [0.05, 0.1) is 12.7 Å². The molecule has 3 atom stereocenters. The highest BCUT2D eigenvalue weighted by Crippen LogP contribution is 2.44. The monoisotopic (exact) mass is 480 g/mol. The number of nitrogens with one attached hydrogen (secondary N) is 1. The van der Waals surface area contributed by atoms with Crippen molar-refractivity contribution in [1.29, 1.82) is 0 Å². The lowest BCUT2D eigenvalue weighted by atomic mass is 9.98. The zero-order valence-electron chi connectivity index (χ0n) is 20.1. The van der Waals surface area contributed by atoms with Gasteiger partial charge in [-0.2, -0.15) is 0 Å². The number of benzene rings is 2. The molecule has 2 aromatic carbocycles. The highest BCUT2D eigenvalue weighted by Gasteiger charge is 2.40. The fourth-order valence-electron chi connectivity index (χ4n) is 5.05. The molecule has 8 heteroatoms. The first kappa shape index (κ1) is 24.7. The van der Waals surface area contributed by atoms with Gasteiger partial charge < -0.3 is 24.8 Å². The summed E-state index contributed by atoms with van der Waals surface area (Å²) >= 11 is 0. The zero-order valence-corrected chi connectivity index (χ0v) is 20.1. The molecular formula is C27H32N2O6. The van der Waals surface area contributed by atoms with E-state index in [1.165, 1.54) is 4.90 Å². The molecule has 1 saturated heterocycles. The molecule has 35 heavy (non-hydrogen) atoms. The molecule has 0 saturated carbocycles. The van der Waals surface area contributed by atoms with Crippen LogP contribution in [0.3, 0.4) is 0 Å². The van der Waals surface area contributed by atoms with Gasteiger partial charge in [-0.1, -0.05) is 68.3 Å². The second-order valence-corrected chi connectivity index (χ2v) is 9.06. The lowest BCUT2D eigenvalue weighted by molar-refractivity contribution is -0.165. The number of carbonyl (C=O) groups excluding carboxylic acids is 2. The van der Waals surface area contributed by atoms with Crippen molar-refractivity contribution in [2.75, 3.05) is 19.8 Å². The average molecular weight is 481 g/mol. The van der Waals surface area contributed by atoms with Crippen LogP contribution in [-0.4, -0.2) is 65.9 Å². The van der Waals surface area contributed by atoms with Crippen LogP contribution in [0.5, 0.6) is 0 Å². The molecule has 2 aromatic rings. The van der Waals surface area contributed by atoms with E-state index in [-0.39, 0.29) is 25.7 Å². The maximum absolute atomic E-state index is 13.3. The summed E-state index contributed by atoms with van der Waals surface area (Å²) in [6.07, 6.45) is 0.619. The van der Waals surface area contributed by atoms with E-state index >= 15 is 0 Å². The summed E-state index contributed by atoms with van der Waals surface area (Å²) in [5, 5.41) is 12.4. The molecule has 0 aromatic heterocycles. The first-order valence-corrected chi connectivity index (χ1v) is 12.2. The van der Waals surface area contributed by atoms with Crippen molar-refractivity contribution in [2.24, 2.45) is 0 Å². The maximum Gasteiger partial charge on any atom is 0.407 e. The van der Waals surface area contributed by atoms with Crippen LogP contribution in [0.25, 0.3) is 11.1 Å². The van der Waals surface area contributed by atoms with Gasteiger partial charge in [0.25, 0.3) is 0 Å². The third-order valence-corrected chi connectivity index (χ3v) is 6.81. The summed E-state index contributed by atoms with van der Waals surface area (Å²) in [6, 6.07) is 14.2. The van der Waals surface area contributed by atoms with Crippen LogP contribution in [0.1, 0.15) is 50.2 Å². The second kappa shape index (κ2) is 10.9. The van der Waals surface area contributed by atoms with Gasteiger partial charge in [-0.3, -0.25) is 4.79 Å². The predicted molar refractivity (Wildman–Crippen MR) is 130 cm³/mol. The minimum atomic E-state index is -1.12. The predicted octanol–water partition coefficient (Wildman–Crippen LogP) is 3.78. The highest BCUT2D eigenvalue weighted by molar-refractivity contribution is 5.89. The topological polar surface area (TPSA) is 105 Å². The van der Waals surface area contributed by atoms with Crippen molar-refractivity contribution in [3.63, 3.8) is 0 Å². The molecule has 1 aliphatic carbocycles. The standard InChI is InChI=1S/C27H32N2O6/c1-3-4-13-23(25(30)29-14-15-34-17(2)24(29)26(31)32)28-27(33)35-16-22-20-11-7-5-9-18(20)19-10-6-8-12-21(19)22/h5-12,17,22-24H,3-4,13-16H2,1-2H3,(H,28,33)(H,31,32)/t17?,23-,24?/m0/s1. The number of alkyl carbamates (subject to hydrolysis) is 1. The number of hydrogen-bond acceptors (Lipinski definition) is 5. The Bertz CT molecular complexity index is 1040. The van der Waals surface area contributed by atoms with E-state index in [1.807, 2.05) is 43.3 Å². The van der Waals surface area contributed by atoms with Gasteiger partial charge in [0.15, 0.2) is 6.04 Å². The molecule has 2 aliphatic rings. The molecule has 2 N–H and O–H groups in total. The smallest absolute Gasteiger partial charge is 0.407 e. The quantitative estimate of drug-likeness (QED) is 0.596. The van der Waals surface area contributed by atoms with E-state index in [0.717, 1.165) is 28.7 Å². The SMILES string of the molecule is CCCC[C@H](NC(=O)OCC1c2ccccc2-c2ccccc21)C(=O)N1CCOC(C)C1C(=O)O. The molecule has 0 spiro atoms. The first-order valence-electron chi connectivity index (χ1n) is 12.2. The van der Waals surface area contributed by atoms with Crippen molar-refractivity contribution in [2.45, 2.75) is 57.2 Å². The van der Waals surface area contributed by atoms with Gasteiger partial charge in [0, 0.05) is 12.5 Å². The Labute approximate surface area is 205 Å². The molecular weight excluding hydrogens is 448 g/mol. The number of fused-ring (bicyclic) bond motifs is 3. The Hall–Kier alpha value is -3.39. The van der Waals surface area contributed by atoms with Crippen LogP contribution >= 0.6 is 0 Å². The zero-order chi connectivity index (χ0) is 24.9. The summed E-state index contributed by atoms with van der Waals surface area (Å²) in [7, 11) is 0. The molecule has 8 nitrogen and oxygen atoms in total. The van der Waals surface area contributed by atoms with Crippen molar-refractivity contribution in [3.8, 4) is 11.1 Å². The van der Waals surface area contributed by atoms with E-state index in [0.29, 0.717) is 12.8 Å². The lowest BCUT2D eigenvalue weighted by Crippen LogP contribution is -2.60. The third-order valence-electron chi connectivity index (χ3n) is 6.81. The van der Waals surface area contributed by atoms with Crippen LogP contribution in [0, 0.1) is 0 Å². The van der Waals surface area contributed by atoms with Gasteiger partial charge in [-0.25, -0.2) is 9.59 Å². The van der Waals surface area contributed by atoms with Gasteiger partial charge in [-0.15, -0.1) is 0 Å². The number of nitrogens with zero attached hydrogens (tertiary/aromatic N) is 1. The van der Waals surface area contributed by atoms with E-state index in [9.17, 15) is 19.5 Å². The number of carboxylic acid groups (broad SMARTS) is 1. The van der Waals surface area contributed by atoms with Crippen LogP contribution in [0.4, 0.5) is 4.79 Å². The molecule has 0 bridgehead atoms. The number of amides is 2. The summed E-state index contributed by atoms with van der Waals surface area (Å²) in [6.45, 7) is 4.18. The number of aliphatic carboxylic acids is 1. The molecule has 2 unspecified atom stereocenters. The summed E-state index contributed by atoms with van der Waals surface area (Å²) in [5.74, 6) is -1.63. The molecule has 186 valence electrons. The largest absolute Gasteiger partial charge is 0.480 e. The van der Waals surface area contributed by atoms with Gasteiger partial charge in [0.1, 0.15) is 12.6 Å². The third kappa shape index (κ3) is 5.17. The first-order chi connectivity index (χ1) is 16.9. The molecule has 2 amide bonds.